The van der Waals surface area contributed by atoms with Crippen LogP contribution < -0.4 is 0 Å². The topological polar surface area (TPSA) is 0 Å². The van der Waals surface area contributed by atoms with Crippen molar-refractivity contribution in [1.29, 1.82) is 0 Å². The lowest BCUT2D eigenvalue weighted by atomic mass is 9.36. The highest BCUT2D eigenvalue weighted by Gasteiger charge is 2.66. The molecule has 186 valence electrons. The summed E-state index contributed by atoms with van der Waals surface area (Å²) in [5, 5.41) is 0. The van der Waals surface area contributed by atoms with Crippen LogP contribution in [0.1, 0.15) is 132 Å². The Labute approximate surface area is 206 Å². The van der Waals surface area contributed by atoms with E-state index < -0.39 is 0 Å². The molecule has 0 heterocycles. The van der Waals surface area contributed by atoms with E-state index in [4.69, 9.17) is 0 Å². The van der Waals surface area contributed by atoms with Crippen molar-refractivity contribution in [1.82, 2.24) is 0 Å². The Bertz CT molecular complexity index is 808. The lowest BCUT2D eigenvalue weighted by molar-refractivity contribution is -0.197. The largest absolute Gasteiger partial charge is 0.103 e. The highest BCUT2D eigenvalue weighted by molar-refractivity contribution is 5.29. The molecule has 0 heteroatoms. The van der Waals surface area contributed by atoms with E-state index in [0.717, 1.165) is 24.2 Å². The van der Waals surface area contributed by atoms with Gasteiger partial charge in [-0.1, -0.05) is 69.9 Å². The Kier molecular flexibility index (Phi) is 6.92. The van der Waals surface area contributed by atoms with Crippen molar-refractivity contribution in [2.45, 2.75) is 132 Å². The fourth-order valence-electron chi connectivity index (χ4n) is 10.3. The zero-order valence-electron chi connectivity index (χ0n) is 23.3. The predicted molar refractivity (Wildman–Crippen MR) is 145 cm³/mol. The summed E-state index contributed by atoms with van der Waals surface area (Å²) in [4.78, 5) is 0. The summed E-state index contributed by atoms with van der Waals surface area (Å²) in [6, 6.07) is 0. The molecule has 4 aliphatic rings. The molecule has 4 rings (SSSR count). The van der Waals surface area contributed by atoms with Crippen molar-refractivity contribution in [2.75, 3.05) is 0 Å². The van der Waals surface area contributed by atoms with Gasteiger partial charge in [-0.3, -0.25) is 0 Å². The molecule has 4 aliphatic carbocycles. The molecule has 0 aromatic carbocycles. The molecule has 0 amide bonds. The van der Waals surface area contributed by atoms with Gasteiger partial charge >= 0.3 is 0 Å². The average Bonchev–Trinajstić information content (AvgIpc) is 3.10. The van der Waals surface area contributed by atoms with Gasteiger partial charge in [-0.05, 0) is 130 Å². The molecule has 0 bridgehead atoms. The molecule has 0 aromatic heterocycles. The second kappa shape index (κ2) is 9.02. The molecule has 0 radical (unpaired) electrons. The van der Waals surface area contributed by atoms with E-state index in [-0.39, 0.29) is 0 Å². The summed E-state index contributed by atoms with van der Waals surface area (Å²) in [5.41, 5.74) is 7.30. The molecule has 0 unspecified atom stereocenters. The van der Waals surface area contributed by atoms with Gasteiger partial charge in [-0.2, -0.15) is 0 Å². The highest BCUT2D eigenvalue weighted by Crippen LogP contribution is 2.75. The highest BCUT2D eigenvalue weighted by atomic mass is 14.7. The van der Waals surface area contributed by atoms with Gasteiger partial charge in [0, 0.05) is 0 Å². The van der Waals surface area contributed by atoms with Crippen LogP contribution in [-0.2, 0) is 0 Å². The summed E-state index contributed by atoms with van der Waals surface area (Å²) in [6.07, 6.45) is 22.4. The van der Waals surface area contributed by atoms with Gasteiger partial charge in [-0.25, -0.2) is 0 Å². The van der Waals surface area contributed by atoms with E-state index in [9.17, 15) is 0 Å². The molecule has 0 aromatic rings. The first-order valence-electron chi connectivity index (χ1n) is 14.4. The molecular formula is C33H54. The van der Waals surface area contributed by atoms with Crippen molar-refractivity contribution >= 4 is 0 Å². The number of fused-ring (bicyclic) bond motifs is 5. The van der Waals surface area contributed by atoms with Crippen LogP contribution in [0.5, 0.6) is 0 Å². The molecule has 0 N–H and O–H groups in total. The minimum atomic E-state index is 0.512. The van der Waals surface area contributed by atoms with E-state index in [2.05, 4.69) is 61.1 Å². The molecule has 4 fully saturated rings. The SMILES string of the molecule is C=CCC/C(C)=C/CC/C(C)=C1\CC[C@]2(C)[C@H]1CC[C@@H]1[C@@]3(C)CCCC(C)(C)[C@@H]3CC[C@]12C. The second-order valence-corrected chi connectivity index (χ2v) is 14.2. The van der Waals surface area contributed by atoms with E-state index in [0.29, 0.717) is 21.7 Å². The zero-order chi connectivity index (χ0) is 24.1. The maximum atomic E-state index is 3.87. The maximum absolute atomic E-state index is 3.87. The normalized spacial score (nSPS) is 44.0. The molecule has 0 aliphatic heterocycles. The second-order valence-electron chi connectivity index (χ2n) is 14.2. The first-order chi connectivity index (χ1) is 15.5. The van der Waals surface area contributed by atoms with Gasteiger partial charge in [-0.15, -0.1) is 6.58 Å². The van der Waals surface area contributed by atoms with Crippen LogP contribution in [0.15, 0.2) is 35.5 Å². The molecule has 4 saturated carbocycles. The molecule has 6 atom stereocenters. The van der Waals surface area contributed by atoms with Crippen LogP contribution in [0.3, 0.4) is 0 Å². The van der Waals surface area contributed by atoms with Gasteiger partial charge < -0.3 is 0 Å². The van der Waals surface area contributed by atoms with Crippen LogP contribution in [0.25, 0.3) is 0 Å². The quantitative estimate of drug-likeness (QED) is 0.353. The van der Waals surface area contributed by atoms with Gasteiger partial charge in [0.2, 0.25) is 0 Å². The minimum Gasteiger partial charge on any atom is -0.103 e. The molecular weight excluding hydrogens is 396 g/mol. The van der Waals surface area contributed by atoms with Crippen molar-refractivity contribution in [3.05, 3.63) is 35.5 Å². The van der Waals surface area contributed by atoms with Crippen LogP contribution in [0, 0.1) is 39.4 Å². The smallest absolute Gasteiger partial charge is 0.0141 e. The van der Waals surface area contributed by atoms with Gasteiger partial charge in [0.15, 0.2) is 0 Å². The van der Waals surface area contributed by atoms with Gasteiger partial charge in [0.1, 0.15) is 0 Å². The van der Waals surface area contributed by atoms with E-state index in [1.807, 2.05) is 11.6 Å². The molecule has 0 nitrogen and oxygen atoms in total. The van der Waals surface area contributed by atoms with E-state index in [1.165, 1.54) is 82.6 Å². The van der Waals surface area contributed by atoms with Crippen LogP contribution in [-0.4, -0.2) is 0 Å². The fourth-order valence-corrected chi connectivity index (χ4v) is 10.3. The first kappa shape index (κ1) is 25.3. The molecule has 33 heavy (non-hydrogen) atoms. The van der Waals surface area contributed by atoms with E-state index in [1.54, 1.807) is 5.57 Å². The standard InChI is InChI=1S/C33H54/c1-9-10-13-24(2)14-11-15-25(3)26-18-22-32(7)27(26)16-17-29-31(6)21-12-20-30(4,5)28(31)19-23-33(29,32)8/h9,14,27-29H,1,10-13,15-23H2,2-8H3/b24-14+,26-25+/t27-,28-,29+,31-,32+,33+/m0/s1. The Morgan fingerprint density at radius 3 is 2.33 bits per heavy atom. The van der Waals surface area contributed by atoms with Crippen LogP contribution in [0.2, 0.25) is 0 Å². The van der Waals surface area contributed by atoms with Crippen molar-refractivity contribution in [2.24, 2.45) is 39.4 Å². The molecule has 0 saturated heterocycles. The number of hydrogen-bond acceptors (Lipinski definition) is 0. The zero-order valence-corrected chi connectivity index (χ0v) is 23.3. The number of allylic oxidation sites excluding steroid dienone is 5. The lowest BCUT2D eigenvalue weighted by Crippen LogP contribution is -2.61. The number of hydrogen-bond donors (Lipinski definition) is 0. The third kappa shape index (κ3) is 4.04. The number of rotatable bonds is 6. The average molecular weight is 451 g/mol. The summed E-state index contributed by atoms with van der Waals surface area (Å²) < 4.78 is 0. The molecule has 0 spiro atoms. The third-order valence-electron chi connectivity index (χ3n) is 12.2. The van der Waals surface area contributed by atoms with E-state index >= 15 is 0 Å². The van der Waals surface area contributed by atoms with Crippen molar-refractivity contribution < 1.29 is 0 Å². The fraction of sp³-hybridized carbons (Fsp3) is 0.818. The Morgan fingerprint density at radius 1 is 0.848 bits per heavy atom. The summed E-state index contributed by atoms with van der Waals surface area (Å²) in [6.45, 7) is 22.1. The first-order valence-corrected chi connectivity index (χ1v) is 14.4. The summed E-state index contributed by atoms with van der Waals surface area (Å²) >= 11 is 0. The van der Waals surface area contributed by atoms with Gasteiger partial charge in [0.25, 0.3) is 0 Å². The minimum absolute atomic E-state index is 0.512. The van der Waals surface area contributed by atoms with Crippen molar-refractivity contribution in [3.63, 3.8) is 0 Å². The summed E-state index contributed by atoms with van der Waals surface area (Å²) in [7, 11) is 0. The Balaban J connectivity index is 1.55. The van der Waals surface area contributed by atoms with Gasteiger partial charge in [0.05, 0.1) is 0 Å². The van der Waals surface area contributed by atoms with Crippen LogP contribution >= 0.6 is 0 Å². The predicted octanol–water partition coefficient (Wildman–Crippen LogP) is 10.5. The lowest BCUT2D eigenvalue weighted by Gasteiger charge is -2.69. The summed E-state index contributed by atoms with van der Waals surface area (Å²) in [5.74, 6) is 2.72. The maximum Gasteiger partial charge on any atom is -0.0141 e. The third-order valence-corrected chi connectivity index (χ3v) is 12.2. The van der Waals surface area contributed by atoms with Crippen molar-refractivity contribution in [3.8, 4) is 0 Å². The monoisotopic (exact) mass is 450 g/mol. The Hall–Kier alpha value is -0.780. The van der Waals surface area contributed by atoms with Crippen LogP contribution in [0.4, 0.5) is 0 Å². The Morgan fingerprint density at radius 2 is 1.61 bits per heavy atom.